The van der Waals surface area contributed by atoms with Crippen LogP contribution in [0.25, 0.3) is 16.5 Å². The van der Waals surface area contributed by atoms with Gasteiger partial charge in [0.1, 0.15) is 10.7 Å². The minimum Gasteiger partial charge on any atom is -0.392 e. The van der Waals surface area contributed by atoms with E-state index in [-0.39, 0.29) is 12.6 Å². The van der Waals surface area contributed by atoms with Crippen molar-refractivity contribution in [3.05, 3.63) is 59.0 Å². The number of alkyl halides is 3. The predicted octanol–water partition coefficient (Wildman–Crippen LogP) is 4.68. The number of hydrogen-bond acceptors (Lipinski definition) is 6. The molecule has 0 saturated carbocycles. The van der Waals surface area contributed by atoms with Crippen LogP contribution >= 0.6 is 11.3 Å². The summed E-state index contributed by atoms with van der Waals surface area (Å²) in [6.07, 6.45) is 1.56. The predicted molar refractivity (Wildman–Crippen MR) is 98.7 cm³/mol. The van der Waals surface area contributed by atoms with Gasteiger partial charge < -0.3 is 10.4 Å². The van der Waals surface area contributed by atoms with Gasteiger partial charge in [-0.2, -0.15) is 13.2 Å². The largest absolute Gasteiger partial charge is 0.433 e. The van der Waals surface area contributed by atoms with Gasteiger partial charge in [-0.3, -0.25) is 0 Å². The SMILES string of the molecule is Cc1cc(Nc2nccc(C(F)(F)F)n2)cc(-c2cnc(/C=C\CO)s2)c1. The lowest BCUT2D eigenvalue weighted by Crippen LogP contribution is -2.10. The van der Waals surface area contributed by atoms with Gasteiger partial charge in [0.05, 0.1) is 11.5 Å². The first-order valence-electron chi connectivity index (χ1n) is 7.88. The first-order valence-corrected chi connectivity index (χ1v) is 8.69. The van der Waals surface area contributed by atoms with E-state index in [1.807, 2.05) is 13.0 Å². The van der Waals surface area contributed by atoms with Crippen LogP contribution in [0.15, 0.2) is 42.7 Å². The van der Waals surface area contributed by atoms with Crippen LogP contribution in [0.4, 0.5) is 24.8 Å². The molecule has 0 unspecified atom stereocenters. The minimum absolute atomic E-state index is 0.0651. The maximum Gasteiger partial charge on any atom is 0.433 e. The number of aryl methyl sites for hydroxylation is 1. The zero-order valence-electron chi connectivity index (χ0n) is 14.2. The van der Waals surface area contributed by atoms with Gasteiger partial charge in [0.2, 0.25) is 5.95 Å². The van der Waals surface area contributed by atoms with Gasteiger partial charge in [-0.15, -0.1) is 11.3 Å². The Morgan fingerprint density at radius 3 is 2.78 bits per heavy atom. The van der Waals surface area contributed by atoms with Gasteiger partial charge in [-0.25, -0.2) is 15.0 Å². The molecule has 0 saturated heterocycles. The number of aliphatic hydroxyl groups excluding tert-OH is 1. The summed E-state index contributed by atoms with van der Waals surface area (Å²) in [5.41, 5.74) is 1.36. The quantitative estimate of drug-likeness (QED) is 0.660. The lowest BCUT2D eigenvalue weighted by Gasteiger charge is -2.10. The summed E-state index contributed by atoms with van der Waals surface area (Å²) in [5, 5.41) is 12.4. The molecule has 2 N–H and O–H groups in total. The molecule has 0 bridgehead atoms. The molecule has 3 rings (SSSR count). The van der Waals surface area contributed by atoms with Crippen molar-refractivity contribution in [3.8, 4) is 10.4 Å². The Bertz CT molecular complexity index is 969. The zero-order valence-corrected chi connectivity index (χ0v) is 15.0. The Labute approximate surface area is 157 Å². The lowest BCUT2D eigenvalue weighted by atomic mass is 10.1. The normalized spacial score (nSPS) is 11.9. The number of benzene rings is 1. The fraction of sp³-hybridized carbons (Fsp3) is 0.167. The summed E-state index contributed by atoms with van der Waals surface area (Å²) in [7, 11) is 0. The van der Waals surface area contributed by atoms with Crippen LogP contribution in [-0.4, -0.2) is 26.7 Å². The van der Waals surface area contributed by atoms with Gasteiger partial charge in [0, 0.05) is 18.1 Å². The van der Waals surface area contributed by atoms with E-state index in [4.69, 9.17) is 5.11 Å². The molecule has 0 atom stereocenters. The standard InChI is InChI=1S/C18H15F3N4OS/c1-11-7-12(14-10-23-16(27-14)3-2-6-26)9-13(8-11)24-17-22-5-4-15(25-17)18(19,20)21/h2-5,7-10,26H,6H2,1H3,(H,22,24,25)/b3-2-. The summed E-state index contributed by atoms with van der Waals surface area (Å²) < 4.78 is 38.4. The fourth-order valence-corrected chi connectivity index (χ4v) is 3.19. The van der Waals surface area contributed by atoms with Crippen LogP contribution in [-0.2, 0) is 6.18 Å². The zero-order chi connectivity index (χ0) is 19.4. The second-order valence-corrected chi connectivity index (χ2v) is 6.69. The highest BCUT2D eigenvalue weighted by atomic mass is 32.1. The second-order valence-electron chi connectivity index (χ2n) is 5.62. The van der Waals surface area contributed by atoms with Crippen molar-refractivity contribution in [2.75, 3.05) is 11.9 Å². The topological polar surface area (TPSA) is 70.9 Å². The Morgan fingerprint density at radius 2 is 2.04 bits per heavy atom. The van der Waals surface area contributed by atoms with E-state index in [0.717, 1.165) is 33.3 Å². The summed E-state index contributed by atoms with van der Waals surface area (Å²) in [5.74, 6) is -0.128. The van der Waals surface area contributed by atoms with Crippen LogP contribution in [0, 0.1) is 6.92 Å². The number of anilines is 2. The van der Waals surface area contributed by atoms with Gasteiger partial charge in [-0.05, 0) is 42.3 Å². The molecule has 2 aromatic heterocycles. The number of halogens is 3. The summed E-state index contributed by atoms with van der Waals surface area (Å²) in [4.78, 5) is 12.5. The molecule has 1 aromatic carbocycles. The van der Waals surface area contributed by atoms with Crippen molar-refractivity contribution in [1.82, 2.24) is 15.0 Å². The van der Waals surface area contributed by atoms with Crippen molar-refractivity contribution in [1.29, 1.82) is 0 Å². The summed E-state index contributed by atoms with van der Waals surface area (Å²) >= 11 is 1.44. The average molecular weight is 392 g/mol. The molecular formula is C18H15F3N4OS. The van der Waals surface area contributed by atoms with E-state index >= 15 is 0 Å². The fourth-order valence-electron chi connectivity index (χ4n) is 2.36. The van der Waals surface area contributed by atoms with Crippen molar-refractivity contribution in [2.24, 2.45) is 0 Å². The van der Waals surface area contributed by atoms with Crippen LogP contribution in [0.5, 0.6) is 0 Å². The number of nitrogens with one attached hydrogen (secondary N) is 1. The van der Waals surface area contributed by atoms with E-state index in [1.165, 1.54) is 11.3 Å². The molecule has 3 aromatic rings. The summed E-state index contributed by atoms with van der Waals surface area (Å²) in [6.45, 7) is 1.82. The van der Waals surface area contributed by atoms with E-state index in [1.54, 1.807) is 30.5 Å². The molecule has 2 heterocycles. The average Bonchev–Trinajstić information content (AvgIpc) is 3.08. The van der Waals surface area contributed by atoms with Crippen LogP contribution in [0.2, 0.25) is 0 Å². The van der Waals surface area contributed by atoms with Crippen molar-refractivity contribution < 1.29 is 18.3 Å². The second kappa shape index (κ2) is 7.85. The van der Waals surface area contributed by atoms with E-state index in [9.17, 15) is 13.2 Å². The molecule has 0 fully saturated rings. The van der Waals surface area contributed by atoms with Crippen LogP contribution < -0.4 is 5.32 Å². The van der Waals surface area contributed by atoms with E-state index in [2.05, 4.69) is 20.3 Å². The third kappa shape index (κ3) is 4.89. The molecule has 0 aliphatic carbocycles. The molecule has 140 valence electrons. The van der Waals surface area contributed by atoms with Crippen molar-refractivity contribution >= 4 is 29.0 Å². The van der Waals surface area contributed by atoms with Gasteiger partial charge in [0.25, 0.3) is 0 Å². The van der Waals surface area contributed by atoms with Crippen molar-refractivity contribution in [3.63, 3.8) is 0 Å². The summed E-state index contributed by atoms with van der Waals surface area (Å²) in [6, 6.07) is 6.36. The molecule has 27 heavy (non-hydrogen) atoms. The number of aromatic nitrogens is 3. The smallest absolute Gasteiger partial charge is 0.392 e. The first-order chi connectivity index (χ1) is 12.8. The molecule has 0 amide bonds. The third-order valence-corrected chi connectivity index (χ3v) is 4.47. The highest BCUT2D eigenvalue weighted by Gasteiger charge is 2.32. The van der Waals surface area contributed by atoms with Crippen LogP contribution in [0.3, 0.4) is 0 Å². The molecule has 0 aliphatic heterocycles. The molecule has 0 aliphatic rings. The highest BCUT2D eigenvalue weighted by Crippen LogP contribution is 2.31. The molecular weight excluding hydrogens is 377 g/mol. The number of thiazole rings is 1. The Kier molecular flexibility index (Phi) is 5.52. The molecule has 0 radical (unpaired) electrons. The van der Waals surface area contributed by atoms with Crippen molar-refractivity contribution in [2.45, 2.75) is 13.1 Å². The maximum absolute atomic E-state index is 12.8. The highest BCUT2D eigenvalue weighted by molar-refractivity contribution is 7.15. The maximum atomic E-state index is 12.8. The molecule has 9 heteroatoms. The number of rotatable bonds is 5. The van der Waals surface area contributed by atoms with Gasteiger partial charge >= 0.3 is 6.18 Å². The van der Waals surface area contributed by atoms with E-state index in [0.29, 0.717) is 5.69 Å². The van der Waals surface area contributed by atoms with Gasteiger partial charge in [0.15, 0.2) is 0 Å². The Hall–Kier alpha value is -2.78. The van der Waals surface area contributed by atoms with Gasteiger partial charge in [-0.1, -0.05) is 12.1 Å². The molecule has 5 nitrogen and oxygen atoms in total. The third-order valence-electron chi connectivity index (χ3n) is 3.45. The number of aliphatic hydroxyl groups is 1. The number of hydrogen-bond donors (Lipinski definition) is 2. The molecule has 0 spiro atoms. The lowest BCUT2D eigenvalue weighted by molar-refractivity contribution is -0.141. The Morgan fingerprint density at radius 1 is 1.22 bits per heavy atom. The van der Waals surface area contributed by atoms with E-state index < -0.39 is 11.9 Å². The minimum atomic E-state index is -4.53. The monoisotopic (exact) mass is 392 g/mol. The first kappa shape index (κ1) is 19.0. The Balaban J connectivity index is 1.88. The number of nitrogens with zero attached hydrogens (tertiary/aromatic N) is 3. The van der Waals surface area contributed by atoms with Crippen LogP contribution in [0.1, 0.15) is 16.3 Å².